The summed E-state index contributed by atoms with van der Waals surface area (Å²) in [5.41, 5.74) is 7.45. The Hall–Kier alpha value is -1.09. The average molecular weight is 233 g/mol. The molecule has 3 nitrogen and oxygen atoms in total. The van der Waals surface area contributed by atoms with E-state index < -0.39 is 0 Å². The molecule has 94 valence electrons. The van der Waals surface area contributed by atoms with Gasteiger partial charge in [-0.1, -0.05) is 26.3 Å². The van der Waals surface area contributed by atoms with Crippen molar-refractivity contribution in [3.05, 3.63) is 23.9 Å². The van der Waals surface area contributed by atoms with Gasteiger partial charge in [0.25, 0.3) is 0 Å². The average Bonchev–Trinajstić information content (AvgIpc) is 2.40. The third-order valence-corrected chi connectivity index (χ3v) is 4.21. The minimum atomic E-state index is 0.522. The van der Waals surface area contributed by atoms with E-state index in [4.69, 9.17) is 5.73 Å². The Morgan fingerprint density at radius 3 is 2.71 bits per heavy atom. The van der Waals surface area contributed by atoms with Crippen molar-refractivity contribution in [2.45, 2.75) is 39.7 Å². The number of rotatable bonds is 3. The lowest BCUT2D eigenvalue weighted by Crippen LogP contribution is -2.39. The van der Waals surface area contributed by atoms with Gasteiger partial charge in [-0.3, -0.25) is 0 Å². The van der Waals surface area contributed by atoms with E-state index >= 15 is 0 Å². The minimum Gasteiger partial charge on any atom is -0.356 e. The number of hydrogen-bond acceptors (Lipinski definition) is 3. The summed E-state index contributed by atoms with van der Waals surface area (Å²) in [7, 11) is 0. The fourth-order valence-corrected chi connectivity index (χ4v) is 2.49. The molecule has 2 heterocycles. The third kappa shape index (κ3) is 2.60. The van der Waals surface area contributed by atoms with Crippen LogP contribution in [-0.2, 0) is 6.54 Å². The summed E-state index contributed by atoms with van der Waals surface area (Å²) in [4.78, 5) is 6.88. The van der Waals surface area contributed by atoms with Gasteiger partial charge in [-0.25, -0.2) is 4.98 Å². The van der Waals surface area contributed by atoms with Crippen molar-refractivity contribution in [3.63, 3.8) is 0 Å². The molecule has 0 aromatic carbocycles. The van der Waals surface area contributed by atoms with Crippen LogP contribution in [0.4, 0.5) is 5.82 Å². The van der Waals surface area contributed by atoms with Crippen LogP contribution in [0.3, 0.4) is 0 Å². The van der Waals surface area contributed by atoms with E-state index in [2.05, 4.69) is 29.8 Å². The van der Waals surface area contributed by atoms with Gasteiger partial charge in [0.15, 0.2) is 0 Å². The Labute approximate surface area is 104 Å². The molecule has 1 saturated heterocycles. The molecule has 0 atom stereocenters. The number of aromatic nitrogens is 1. The largest absolute Gasteiger partial charge is 0.356 e. The van der Waals surface area contributed by atoms with E-state index in [1.807, 2.05) is 12.3 Å². The Balaban J connectivity index is 2.10. The van der Waals surface area contributed by atoms with Gasteiger partial charge in [0.05, 0.1) is 0 Å². The second-order valence-electron chi connectivity index (χ2n) is 5.34. The number of anilines is 1. The lowest BCUT2D eigenvalue weighted by Gasteiger charge is -2.40. The molecule has 0 aliphatic carbocycles. The minimum absolute atomic E-state index is 0.522. The van der Waals surface area contributed by atoms with Gasteiger partial charge in [-0.2, -0.15) is 0 Å². The maximum absolute atomic E-state index is 5.77. The topological polar surface area (TPSA) is 42.2 Å². The summed E-state index contributed by atoms with van der Waals surface area (Å²) in [6.45, 7) is 7.47. The smallest absolute Gasteiger partial charge is 0.132 e. The Bertz CT molecular complexity index is 367. The molecular weight excluding hydrogens is 210 g/mol. The fraction of sp³-hybridized carbons (Fsp3) is 0.643. The lowest BCUT2D eigenvalue weighted by atomic mass is 9.78. The van der Waals surface area contributed by atoms with Crippen molar-refractivity contribution in [3.8, 4) is 0 Å². The van der Waals surface area contributed by atoms with E-state index in [1.165, 1.54) is 19.3 Å². The highest BCUT2D eigenvalue weighted by Gasteiger charge is 2.29. The molecular formula is C14H23N3. The molecule has 1 fully saturated rings. The van der Waals surface area contributed by atoms with Crippen LogP contribution >= 0.6 is 0 Å². The second-order valence-corrected chi connectivity index (χ2v) is 5.34. The molecule has 0 spiro atoms. The van der Waals surface area contributed by atoms with Crippen LogP contribution in [0.2, 0.25) is 0 Å². The summed E-state index contributed by atoms with van der Waals surface area (Å²) in [6, 6.07) is 4.04. The SMILES string of the molecule is CCC1(C)CCN(c2ncccc2CN)CC1. The van der Waals surface area contributed by atoms with Crippen LogP contribution in [0.5, 0.6) is 0 Å². The predicted molar refractivity (Wildman–Crippen MR) is 72.0 cm³/mol. The van der Waals surface area contributed by atoms with E-state index in [0.717, 1.165) is 24.5 Å². The first-order chi connectivity index (χ1) is 8.18. The van der Waals surface area contributed by atoms with Crippen molar-refractivity contribution in [1.29, 1.82) is 0 Å². The molecule has 0 bridgehead atoms. The first kappa shape index (κ1) is 12.4. The van der Waals surface area contributed by atoms with Crippen LogP contribution in [-0.4, -0.2) is 18.1 Å². The first-order valence-electron chi connectivity index (χ1n) is 6.57. The highest BCUT2D eigenvalue weighted by atomic mass is 15.2. The molecule has 17 heavy (non-hydrogen) atoms. The maximum atomic E-state index is 5.77. The van der Waals surface area contributed by atoms with E-state index in [0.29, 0.717) is 12.0 Å². The maximum Gasteiger partial charge on any atom is 0.132 e. The Morgan fingerprint density at radius 2 is 2.12 bits per heavy atom. The molecule has 1 aromatic heterocycles. The predicted octanol–water partition coefficient (Wildman–Crippen LogP) is 2.56. The van der Waals surface area contributed by atoms with E-state index in [9.17, 15) is 0 Å². The van der Waals surface area contributed by atoms with Crippen LogP contribution in [0, 0.1) is 5.41 Å². The molecule has 0 saturated carbocycles. The van der Waals surface area contributed by atoms with Gasteiger partial charge >= 0.3 is 0 Å². The van der Waals surface area contributed by atoms with Crippen LogP contribution in [0.25, 0.3) is 0 Å². The number of piperidine rings is 1. The zero-order chi connectivity index (χ0) is 12.3. The van der Waals surface area contributed by atoms with Crippen molar-refractivity contribution in [1.82, 2.24) is 4.98 Å². The molecule has 0 unspecified atom stereocenters. The summed E-state index contributed by atoms with van der Waals surface area (Å²) < 4.78 is 0. The van der Waals surface area contributed by atoms with Gasteiger partial charge in [0, 0.05) is 31.4 Å². The first-order valence-corrected chi connectivity index (χ1v) is 6.57. The lowest BCUT2D eigenvalue weighted by molar-refractivity contribution is 0.237. The monoisotopic (exact) mass is 233 g/mol. The van der Waals surface area contributed by atoms with Gasteiger partial charge < -0.3 is 10.6 Å². The number of nitrogens with two attached hydrogens (primary N) is 1. The second kappa shape index (κ2) is 5.05. The number of nitrogens with zero attached hydrogens (tertiary/aromatic N) is 2. The number of pyridine rings is 1. The van der Waals surface area contributed by atoms with Crippen LogP contribution < -0.4 is 10.6 Å². The molecule has 1 aliphatic heterocycles. The Morgan fingerprint density at radius 1 is 1.41 bits per heavy atom. The quantitative estimate of drug-likeness (QED) is 0.872. The zero-order valence-corrected chi connectivity index (χ0v) is 10.9. The van der Waals surface area contributed by atoms with Crippen molar-refractivity contribution < 1.29 is 0 Å². The highest BCUT2D eigenvalue weighted by molar-refractivity contribution is 5.47. The summed E-state index contributed by atoms with van der Waals surface area (Å²) >= 11 is 0. The summed E-state index contributed by atoms with van der Waals surface area (Å²) in [5.74, 6) is 1.09. The van der Waals surface area contributed by atoms with Crippen molar-refractivity contribution in [2.24, 2.45) is 11.1 Å². The summed E-state index contributed by atoms with van der Waals surface area (Å²) in [6.07, 6.45) is 5.64. The molecule has 3 heteroatoms. The van der Waals surface area contributed by atoms with Crippen LogP contribution in [0.1, 0.15) is 38.7 Å². The fourth-order valence-electron chi connectivity index (χ4n) is 2.49. The highest BCUT2D eigenvalue weighted by Crippen LogP contribution is 2.35. The zero-order valence-electron chi connectivity index (χ0n) is 10.9. The standard InChI is InChI=1S/C14H23N3/c1-3-14(2)6-9-17(10-7-14)13-12(11-15)5-4-8-16-13/h4-5,8H,3,6-7,9-11,15H2,1-2H3. The normalized spacial score (nSPS) is 19.4. The molecule has 0 radical (unpaired) electrons. The Kier molecular flexibility index (Phi) is 3.67. The third-order valence-electron chi connectivity index (χ3n) is 4.21. The molecule has 0 amide bonds. The molecule has 1 aromatic rings. The van der Waals surface area contributed by atoms with Gasteiger partial charge in [0.2, 0.25) is 0 Å². The van der Waals surface area contributed by atoms with Crippen LogP contribution in [0.15, 0.2) is 18.3 Å². The molecule has 2 N–H and O–H groups in total. The van der Waals surface area contributed by atoms with Crippen molar-refractivity contribution >= 4 is 5.82 Å². The van der Waals surface area contributed by atoms with Gasteiger partial charge in [0.1, 0.15) is 5.82 Å². The molecule has 1 aliphatic rings. The van der Waals surface area contributed by atoms with E-state index in [-0.39, 0.29) is 0 Å². The van der Waals surface area contributed by atoms with E-state index in [1.54, 1.807) is 0 Å². The van der Waals surface area contributed by atoms with Crippen molar-refractivity contribution in [2.75, 3.05) is 18.0 Å². The summed E-state index contributed by atoms with van der Waals surface area (Å²) in [5, 5.41) is 0. The number of hydrogen-bond donors (Lipinski definition) is 1. The van der Waals surface area contributed by atoms with Gasteiger partial charge in [-0.15, -0.1) is 0 Å². The molecule has 2 rings (SSSR count). The van der Waals surface area contributed by atoms with Gasteiger partial charge in [-0.05, 0) is 24.3 Å².